The van der Waals surface area contributed by atoms with Gasteiger partial charge in [0.15, 0.2) is 0 Å². The molecule has 2 heterocycles. The van der Waals surface area contributed by atoms with Crippen LogP contribution in [-0.2, 0) is 6.54 Å². The molecule has 1 aromatic carbocycles. The van der Waals surface area contributed by atoms with E-state index in [1.807, 2.05) is 41.1 Å². The molecule has 1 fully saturated rings. The van der Waals surface area contributed by atoms with Crippen LogP contribution in [0.2, 0.25) is 0 Å². The number of anilines is 1. The molecule has 7 heteroatoms. The number of aliphatic hydroxyl groups excluding tert-OH is 1. The fraction of sp³-hybridized carbons (Fsp3) is 0.353. The van der Waals surface area contributed by atoms with Crippen molar-refractivity contribution in [2.75, 3.05) is 5.32 Å². The highest BCUT2D eigenvalue weighted by Crippen LogP contribution is 2.30. The van der Waals surface area contributed by atoms with E-state index in [1.165, 1.54) is 0 Å². The average Bonchev–Trinajstić information content (AvgIpc) is 3.32. The molecule has 0 amide bonds. The molecule has 4 rings (SSSR count). The molecule has 1 saturated carbocycles. The van der Waals surface area contributed by atoms with Gasteiger partial charge in [-0.2, -0.15) is 4.98 Å². The Balaban J connectivity index is 1.39. The maximum atomic E-state index is 10.3. The van der Waals surface area contributed by atoms with Crippen LogP contribution in [0.4, 0.5) is 6.01 Å². The molecular formula is C17H19N5O2. The Labute approximate surface area is 139 Å². The van der Waals surface area contributed by atoms with Gasteiger partial charge >= 0.3 is 6.01 Å². The molecule has 2 aromatic heterocycles. The van der Waals surface area contributed by atoms with E-state index in [1.54, 1.807) is 12.5 Å². The van der Waals surface area contributed by atoms with E-state index in [-0.39, 0.29) is 6.04 Å². The lowest BCUT2D eigenvalue weighted by Crippen LogP contribution is -2.28. The Morgan fingerprint density at radius 1 is 1.25 bits per heavy atom. The Morgan fingerprint density at radius 3 is 2.92 bits per heavy atom. The number of nitrogens with one attached hydrogen (secondary N) is 1. The first kappa shape index (κ1) is 14.9. The van der Waals surface area contributed by atoms with Crippen molar-refractivity contribution in [1.82, 2.24) is 19.7 Å². The van der Waals surface area contributed by atoms with Gasteiger partial charge in [0.2, 0.25) is 5.82 Å². The van der Waals surface area contributed by atoms with E-state index in [4.69, 9.17) is 4.52 Å². The highest BCUT2D eigenvalue weighted by Gasteiger charge is 2.34. The van der Waals surface area contributed by atoms with Crippen LogP contribution in [0.1, 0.15) is 12.8 Å². The summed E-state index contributed by atoms with van der Waals surface area (Å²) in [5, 5.41) is 17.5. The molecule has 1 aliphatic rings. The predicted octanol–water partition coefficient (Wildman–Crippen LogP) is 2.18. The van der Waals surface area contributed by atoms with Crippen LogP contribution >= 0.6 is 0 Å². The topological polar surface area (TPSA) is 89.0 Å². The number of nitrogens with zero attached hydrogens (tertiary/aromatic N) is 4. The van der Waals surface area contributed by atoms with Crippen LogP contribution in [-0.4, -0.2) is 36.9 Å². The summed E-state index contributed by atoms with van der Waals surface area (Å²) in [6.07, 6.45) is 6.68. The van der Waals surface area contributed by atoms with Gasteiger partial charge in [0, 0.05) is 24.5 Å². The summed E-state index contributed by atoms with van der Waals surface area (Å²) >= 11 is 0. The fourth-order valence-electron chi connectivity index (χ4n) is 3.26. The van der Waals surface area contributed by atoms with Gasteiger partial charge in [-0.05, 0) is 18.8 Å². The zero-order valence-electron chi connectivity index (χ0n) is 13.1. The van der Waals surface area contributed by atoms with Crippen LogP contribution in [0.5, 0.6) is 0 Å². The summed E-state index contributed by atoms with van der Waals surface area (Å²) in [4.78, 5) is 8.42. The lowest BCUT2D eigenvalue weighted by molar-refractivity contribution is 0.165. The molecule has 7 nitrogen and oxygen atoms in total. The second kappa shape index (κ2) is 6.45. The summed E-state index contributed by atoms with van der Waals surface area (Å²) in [7, 11) is 0. The quantitative estimate of drug-likeness (QED) is 0.747. The molecule has 124 valence electrons. The van der Waals surface area contributed by atoms with Crippen molar-refractivity contribution in [3.05, 3.63) is 49.1 Å². The lowest BCUT2D eigenvalue weighted by Gasteiger charge is -2.14. The van der Waals surface area contributed by atoms with Gasteiger partial charge < -0.3 is 19.5 Å². The lowest BCUT2D eigenvalue weighted by atomic mass is 10.1. The second-order valence-corrected chi connectivity index (χ2v) is 6.20. The SMILES string of the molecule is O[C@@H]1CC(Cn2ccnc2)C[C@H]1Nc1nc(-c2ccccc2)no1. The van der Waals surface area contributed by atoms with E-state index >= 15 is 0 Å². The summed E-state index contributed by atoms with van der Waals surface area (Å²) < 4.78 is 7.31. The summed E-state index contributed by atoms with van der Waals surface area (Å²) in [5.74, 6) is 0.934. The molecule has 3 atom stereocenters. The summed E-state index contributed by atoms with van der Waals surface area (Å²) in [5.41, 5.74) is 0.902. The van der Waals surface area contributed by atoms with E-state index in [2.05, 4.69) is 20.4 Å². The van der Waals surface area contributed by atoms with Crippen LogP contribution in [0.15, 0.2) is 53.6 Å². The summed E-state index contributed by atoms with van der Waals surface area (Å²) in [6, 6.07) is 9.93. The fourth-order valence-corrected chi connectivity index (χ4v) is 3.26. The average molecular weight is 325 g/mol. The zero-order chi connectivity index (χ0) is 16.4. The van der Waals surface area contributed by atoms with Gasteiger partial charge in [0.1, 0.15) is 0 Å². The highest BCUT2D eigenvalue weighted by molar-refractivity contribution is 5.55. The van der Waals surface area contributed by atoms with Crippen LogP contribution in [0.3, 0.4) is 0 Å². The zero-order valence-corrected chi connectivity index (χ0v) is 13.1. The predicted molar refractivity (Wildman–Crippen MR) is 88.1 cm³/mol. The standard InChI is InChI=1S/C17H19N5O2/c23-15-9-12(10-22-7-6-18-11-22)8-14(15)19-17-20-16(21-24-17)13-4-2-1-3-5-13/h1-7,11-12,14-15,23H,8-10H2,(H,19,20,21)/t12?,14-,15-/m1/s1. The van der Waals surface area contributed by atoms with Gasteiger partial charge in [-0.1, -0.05) is 35.5 Å². The number of aromatic nitrogens is 4. The van der Waals surface area contributed by atoms with Gasteiger partial charge in [-0.25, -0.2) is 4.98 Å². The largest absolute Gasteiger partial charge is 0.391 e. The van der Waals surface area contributed by atoms with Crippen LogP contribution in [0, 0.1) is 5.92 Å². The molecule has 0 bridgehead atoms. The third-order valence-electron chi connectivity index (χ3n) is 4.42. The second-order valence-electron chi connectivity index (χ2n) is 6.20. The van der Waals surface area contributed by atoms with Crippen molar-refractivity contribution in [1.29, 1.82) is 0 Å². The minimum atomic E-state index is -0.425. The Hall–Kier alpha value is -2.67. The Morgan fingerprint density at radius 2 is 2.12 bits per heavy atom. The third kappa shape index (κ3) is 3.16. The minimum Gasteiger partial charge on any atom is -0.391 e. The van der Waals surface area contributed by atoms with Gasteiger partial charge in [-0.15, -0.1) is 0 Å². The number of imidazole rings is 1. The van der Waals surface area contributed by atoms with Gasteiger partial charge in [0.05, 0.1) is 18.5 Å². The van der Waals surface area contributed by atoms with E-state index in [9.17, 15) is 5.11 Å². The van der Waals surface area contributed by atoms with Crippen LogP contribution in [0.25, 0.3) is 11.4 Å². The van der Waals surface area contributed by atoms with Crippen molar-refractivity contribution in [2.24, 2.45) is 5.92 Å². The number of aliphatic hydroxyl groups is 1. The third-order valence-corrected chi connectivity index (χ3v) is 4.42. The number of hydrogen-bond donors (Lipinski definition) is 2. The molecule has 1 unspecified atom stereocenters. The first-order valence-electron chi connectivity index (χ1n) is 8.07. The first-order chi connectivity index (χ1) is 11.8. The highest BCUT2D eigenvalue weighted by atomic mass is 16.5. The smallest absolute Gasteiger partial charge is 0.322 e. The van der Waals surface area contributed by atoms with Crippen molar-refractivity contribution >= 4 is 6.01 Å². The van der Waals surface area contributed by atoms with Crippen molar-refractivity contribution < 1.29 is 9.63 Å². The number of benzene rings is 1. The molecule has 1 aliphatic carbocycles. The van der Waals surface area contributed by atoms with E-state index in [0.29, 0.717) is 17.8 Å². The normalized spacial score (nSPS) is 23.5. The summed E-state index contributed by atoms with van der Waals surface area (Å²) in [6.45, 7) is 0.855. The molecule has 2 N–H and O–H groups in total. The molecule has 0 saturated heterocycles. The Bertz CT molecular complexity index is 771. The van der Waals surface area contributed by atoms with Crippen LogP contribution < -0.4 is 5.32 Å². The van der Waals surface area contributed by atoms with Crippen molar-refractivity contribution in [2.45, 2.75) is 31.5 Å². The van der Waals surface area contributed by atoms with Crippen molar-refractivity contribution in [3.8, 4) is 11.4 Å². The first-order valence-corrected chi connectivity index (χ1v) is 8.07. The van der Waals surface area contributed by atoms with Gasteiger partial charge in [-0.3, -0.25) is 0 Å². The minimum absolute atomic E-state index is 0.0809. The van der Waals surface area contributed by atoms with E-state index in [0.717, 1.165) is 24.9 Å². The molecule has 0 aliphatic heterocycles. The monoisotopic (exact) mass is 325 g/mol. The maximum Gasteiger partial charge on any atom is 0.322 e. The molecule has 3 aromatic rings. The molecule has 24 heavy (non-hydrogen) atoms. The number of rotatable bonds is 5. The molecule has 0 radical (unpaired) electrons. The van der Waals surface area contributed by atoms with Crippen molar-refractivity contribution in [3.63, 3.8) is 0 Å². The maximum absolute atomic E-state index is 10.3. The molecule has 0 spiro atoms. The Kier molecular flexibility index (Phi) is 4.00. The number of hydrogen-bond acceptors (Lipinski definition) is 6. The van der Waals surface area contributed by atoms with Gasteiger partial charge in [0.25, 0.3) is 0 Å². The molecular weight excluding hydrogens is 306 g/mol. The van der Waals surface area contributed by atoms with E-state index < -0.39 is 6.10 Å².